The molecule has 0 unspecified atom stereocenters. The molecule has 3 heterocycles. The summed E-state index contributed by atoms with van der Waals surface area (Å²) in [5.41, 5.74) is 0.979. The lowest BCUT2D eigenvalue weighted by molar-refractivity contribution is 0.174. The molecule has 0 aliphatic carbocycles. The van der Waals surface area contributed by atoms with Gasteiger partial charge < -0.3 is 20.1 Å². The number of nitrogens with one attached hydrogen (secondary N) is 2. The van der Waals surface area contributed by atoms with E-state index in [4.69, 9.17) is 9.47 Å². The van der Waals surface area contributed by atoms with Crippen LogP contribution in [-0.4, -0.2) is 31.4 Å². The number of ether oxygens (including phenoxy) is 2. The van der Waals surface area contributed by atoms with Crippen LogP contribution in [0.25, 0.3) is 10.2 Å². The largest absolute Gasteiger partial charge is 0.454 e. The van der Waals surface area contributed by atoms with E-state index in [0.717, 1.165) is 52.4 Å². The third kappa shape index (κ3) is 3.67. The summed E-state index contributed by atoms with van der Waals surface area (Å²) in [6.45, 7) is 3.59. The van der Waals surface area contributed by atoms with E-state index in [1.165, 1.54) is 12.8 Å². The van der Waals surface area contributed by atoms with Gasteiger partial charge in [-0.1, -0.05) is 11.3 Å². The molecule has 0 radical (unpaired) electrons. The van der Waals surface area contributed by atoms with Crippen molar-refractivity contribution < 1.29 is 9.47 Å². The zero-order chi connectivity index (χ0) is 13.4. The Morgan fingerprint density at radius 1 is 1.18 bits per heavy atom. The monoisotopic (exact) mass is 451 g/mol. The van der Waals surface area contributed by atoms with Crippen LogP contribution in [0.5, 0.6) is 11.5 Å². The normalized spacial score (nSPS) is 16.9. The third-order valence-electron chi connectivity index (χ3n) is 3.88. The highest BCUT2D eigenvalue weighted by Gasteiger charge is 2.17. The highest BCUT2D eigenvalue weighted by molar-refractivity contribution is 8.93. The second-order valence-corrected chi connectivity index (χ2v) is 6.30. The van der Waals surface area contributed by atoms with Gasteiger partial charge in [0.2, 0.25) is 6.79 Å². The summed E-state index contributed by atoms with van der Waals surface area (Å²) in [4.78, 5) is 4.63. The smallest absolute Gasteiger partial charge is 0.231 e. The molecular formula is C14H19Br2N3O2S. The van der Waals surface area contributed by atoms with Crippen molar-refractivity contribution in [3.63, 3.8) is 0 Å². The van der Waals surface area contributed by atoms with Crippen molar-refractivity contribution in [3.8, 4) is 11.5 Å². The van der Waals surface area contributed by atoms with Crippen LogP contribution >= 0.6 is 45.3 Å². The van der Waals surface area contributed by atoms with Crippen molar-refractivity contribution in [1.82, 2.24) is 10.3 Å². The Hall–Kier alpha value is -0.570. The van der Waals surface area contributed by atoms with Crippen molar-refractivity contribution >= 4 is 60.6 Å². The fraction of sp³-hybridized carbons (Fsp3) is 0.500. The number of halogens is 2. The molecule has 22 heavy (non-hydrogen) atoms. The van der Waals surface area contributed by atoms with Crippen molar-refractivity contribution in [2.75, 3.05) is 31.7 Å². The molecule has 122 valence electrons. The molecule has 0 saturated carbocycles. The third-order valence-corrected chi connectivity index (χ3v) is 4.86. The molecule has 1 aromatic heterocycles. The standard InChI is InChI=1S/C14H17N3O2S.2BrH/c1-3-15-4-2-9(1)7-16-14-17-10-5-11-12(19-8-18-11)6-13(10)20-14;;/h5-6,9,15H,1-4,7-8H2,(H,16,17);2*1H. The number of hydrogen-bond acceptors (Lipinski definition) is 6. The summed E-state index contributed by atoms with van der Waals surface area (Å²) < 4.78 is 11.9. The highest BCUT2D eigenvalue weighted by atomic mass is 79.9. The van der Waals surface area contributed by atoms with Crippen molar-refractivity contribution in [3.05, 3.63) is 12.1 Å². The van der Waals surface area contributed by atoms with Crippen LogP contribution < -0.4 is 20.1 Å². The lowest BCUT2D eigenvalue weighted by atomic mass is 9.98. The van der Waals surface area contributed by atoms with Gasteiger partial charge in [0.15, 0.2) is 16.6 Å². The first-order valence-corrected chi connectivity index (χ1v) is 7.85. The van der Waals surface area contributed by atoms with E-state index in [2.05, 4.69) is 15.6 Å². The molecule has 1 aromatic carbocycles. The quantitative estimate of drug-likeness (QED) is 0.745. The Balaban J connectivity index is 0.000000882. The van der Waals surface area contributed by atoms with E-state index >= 15 is 0 Å². The summed E-state index contributed by atoms with van der Waals surface area (Å²) in [7, 11) is 0. The van der Waals surface area contributed by atoms with E-state index in [1.807, 2.05) is 12.1 Å². The Bertz CT molecular complexity index is 591. The number of thiazole rings is 1. The van der Waals surface area contributed by atoms with Crippen molar-refractivity contribution in [2.45, 2.75) is 12.8 Å². The molecule has 1 fully saturated rings. The number of nitrogens with zero attached hydrogens (tertiary/aromatic N) is 1. The lowest BCUT2D eigenvalue weighted by Gasteiger charge is -2.22. The first-order valence-electron chi connectivity index (χ1n) is 7.03. The average molecular weight is 453 g/mol. The summed E-state index contributed by atoms with van der Waals surface area (Å²) in [5.74, 6) is 2.37. The minimum absolute atomic E-state index is 0. The zero-order valence-corrected chi connectivity index (χ0v) is 16.2. The van der Waals surface area contributed by atoms with Crippen LogP contribution in [0.1, 0.15) is 12.8 Å². The van der Waals surface area contributed by atoms with Gasteiger partial charge in [0.1, 0.15) is 0 Å². The fourth-order valence-electron chi connectivity index (χ4n) is 2.71. The van der Waals surface area contributed by atoms with E-state index in [0.29, 0.717) is 6.79 Å². The Labute approximate surface area is 154 Å². The molecule has 1 saturated heterocycles. The number of anilines is 1. The van der Waals surface area contributed by atoms with Gasteiger partial charge in [-0.25, -0.2) is 4.98 Å². The maximum absolute atomic E-state index is 5.40. The van der Waals surface area contributed by atoms with Crippen LogP contribution in [0.3, 0.4) is 0 Å². The predicted molar refractivity (Wildman–Crippen MR) is 100 cm³/mol. The Morgan fingerprint density at radius 2 is 1.91 bits per heavy atom. The molecule has 2 aliphatic rings. The molecule has 0 atom stereocenters. The van der Waals surface area contributed by atoms with Gasteiger partial charge in [0.25, 0.3) is 0 Å². The summed E-state index contributed by atoms with van der Waals surface area (Å²) in [5, 5.41) is 7.86. The number of piperidine rings is 1. The molecule has 5 nitrogen and oxygen atoms in total. The van der Waals surface area contributed by atoms with Crippen LogP contribution in [0, 0.1) is 5.92 Å². The fourth-order valence-corrected chi connectivity index (χ4v) is 3.59. The number of rotatable bonds is 3. The van der Waals surface area contributed by atoms with Crippen LogP contribution in [0.4, 0.5) is 5.13 Å². The van der Waals surface area contributed by atoms with Crippen LogP contribution in [-0.2, 0) is 0 Å². The minimum atomic E-state index is 0. The molecule has 0 amide bonds. The second kappa shape index (κ2) is 7.81. The van der Waals surface area contributed by atoms with E-state index in [-0.39, 0.29) is 34.0 Å². The summed E-state index contributed by atoms with van der Waals surface area (Å²) >= 11 is 1.68. The molecule has 2 aliphatic heterocycles. The van der Waals surface area contributed by atoms with Gasteiger partial charge in [0, 0.05) is 18.7 Å². The molecule has 0 spiro atoms. The van der Waals surface area contributed by atoms with E-state index in [9.17, 15) is 0 Å². The van der Waals surface area contributed by atoms with Gasteiger partial charge >= 0.3 is 0 Å². The topological polar surface area (TPSA) is 55.4 Å². The first kappa shape index (κ1) is 17.8. The van der Waals surface area contributed by atoms with Crippen molar-refractivity contribution in [2.24, 2.45) is 5.92 Å². The number of hydrogen-bond donors (Lipinski definition) is 2. The summed E-state index contributed by atoms with van der Waals surface area (Å²) in [6.07, 6.45) is 2.49. The van der Waals surface area contributed by atoms with E-state index in [1.54, 1.807) is 11.3 Å². The molecule has 0 bridgehead atoms. The molecule has 2 aromatic rings. The predicted octanol–water partition coefficient (Wildman–Crippen LogP) is 3.59. The Kier molecular flexibility index (Phi) is 6.31. The average Bonchev–Trinajstić information content (AvgIpc) is 3.08. The van der Waals surface area contributed by atoms with Gasteiger partial charge in [-0.05, 0) is 31.8 Å². The zero-order valence-electron chi connectivity index (χ0n) is 12.0. The van der Waals surface area contributed by atoms with Gasteiger partial charge in [-0.3, -0.25) is 0 Å². The first-order chi connectivity index (χ1) is 9.88. The number of benzene rings is 1. The van der Waals surface area contributed by atoms with Gasteiger partial charge in [0.05, 0.1) is 10.2 Å². The van der Waals surface area contributed by atoms with E-state index < -0.39 is 0 Å². The second-order valence-electron chi connectivity index (χ2n) is 5.27. The van der Waals surface area contributed by atoms with Gasteiger partial charge in [-0.2, -0.15) is 0 Å². The SMILES string of the molecule is Br.Br.c1c2c(cc3sc(NCC4CCNCC4)nc13)OCO2. The van der Waals surface area contributed by atoms with Crippen LogP contribution in [0.15, 0.2) is 12.1 Å². The Morgan fingerprint density at radius 3 is 2.68 bits per heavy atom. The molecule has 2 N–H and O–H groups in total. The number of fused-ring (bicyclic) bond motifs is 2. The lowest BCUT2D eigenvalue weighted by Crippen LogP contribution is -2.31. The molecule has 4 rings (SSSR count). The maximum atomic E-state index is 5.40. The summed E-state index contributed by atoms with van der Waals surface area (Å²) in [6, 6.07) is 3.98. The highest BCUT2D eigenvalue weighted by Crippen LogP contribution is 2.38. The molecular weight excluding hydrogens is 434 g/mol. The van der Waals surface area contributed by atoms with Crippen molar-refractivity contribution in [1.29, 1.82) is 0 Å². The molecule has 8 heteroatoms. The minimum Gasteiger partial charge on any atom is -0.454 e. The number of aromatic nitrogens is 1. The maximum Gasteiger partial charge on any atom is 0.231 e. The van der Waals surface area contributed by atoms with Gasteiger partial charge in [-0.15, -0.1) is 34.0 Å². The van der Waals surface area contributed by atoms with Crippen LogP contribution in [0.2, 0.25) is 0 Å².